The molecule has 2 nitrogen and oxygen atoms in total. The van der Waals surface area contributed by atoms with Gasteiger partial charge < -0.3 is 9.84 Å². The van der Waals surface area contributed by atoms with Crippen molar-refractivity contribution in [2.75, 3.05) is 0 Å². The van der Waals surface area contributed by atoms with Crippen LogP contribution >= 0.6 is 0 Å². The lowest BCUT2D eigenvalue weighted by Gasteiger charge is -2.44. The van der Waals surface area contributed by atoms with Crippen molar-refractivity contribution < 1.29 is 9.84 Å². The van der Waals surface area contributed by atoms with Crippen molar-refractivity contribution >= 4 is 0 Å². The van der Waals surface area contributed by atoms with Crippen LogP contribution in [0.5, 0.6) is 0 Å². The molecule has 0 aromatic heterocycles. The van der Waals surface area contributed by atoms with Gasteiger partial charge in [-0.3, -0.25) is 0 Å². The maximum atomic E-state index is 9.81. The Morgan fingerprint density at radius 1 is 1.25 bits per heavy atom. The Morgan fingerprint density at radius 3 is 2.38 bits per heavy atom. The largest absolute Gasteiger partial charge is 0.368 e. The van der Waals surface area contributed by atoms with Gasteiger partial charge in [-0.05, 0) is 24.7 Å². The van der Waals surface area contributed by atoms with Gasteiger partial charge >= 0.3 is 0 Å². The normalized spacial score (nSPS) is 35.1. The molecular weight excluding hydrogens is 200 g/mol. The Hall–Kier alpha value is -0.0800. The summed E-state index contributed by atoms with van der Waals surface area (Å²) in [5, 5.41) is 9.81. The van der Waals surface area contributed by atoms with Crippen molar-refractivity contribution in [3.8, 4) is 0 Å². The van der Waals surface area contributed by atoms with Crippen LogP contribution in [0.2, 0.25) is 0 Å². The summed E-state index contributed by atoms with van der Waals surface area (Å²) in [6.45, 7) is 10.7. The molecule has 1 aliphatic carbocycles. The summed E-state index contributed by atoms with van der Waals surface area (Å²) in [6, 6.07) is 0. The van der Waals surface area contributed by atoms with Crippen LogP contribution in [-0.2, 0) is 4.74 Å². The third kappa shape index (κ3) is 2.98. The van der Waals surface area contributed by atoms with Crippen LogP contribution in [0, 0.1) is 17.3 Å². The first-order valence-corrected chi connectivity index (χ1v) is 6.71. The van der Waals surface area contributed by atoms with E-state index in [-0.39, 0.29) is 17.4 Å². The summed E-state index contributed by atoms with van der Waals surface area (Å²) < 4.78 is 5.78. The minimum Gasteiger partial charge on any atom is -0.368 e. The topological polar surface area (TPSA) is 29.5 Å². The summed E-state index contributed by atoms with van der Waals surface area (Å²) in [5.74, 6) is 0.862. The van der Waals surface area contributed by atoms with E-state index in [4.69, 9.17) is 4.74 Å². The average molecular weight is 228 g/mol. The van der Waals surface area contributed by atoms with Crippen molar-refractivity contribution in [3.05, 3.63) is 0 Å². The first kappa shape index (κ1) is 14.0. The molecule has 0 heterocycles. The minimum atomic E-state index is -0.624. The Balaban J connectivity index is 2.60. The number of hydrogen-bond donors (Lipinski definition) is 1. The number of aliphatic hydroxyl groups excluding tert-OH is 1. The van der Waals surface area contributed by atoms with E-state index in [9.17, 15) is 5.11 Å². The molecule has 0 bridgehead atoms. The van der Waals surface area contributed by atoms with Gasteiger partial charge in [0.15, 0.2) is 6.29 Å². The molecule has 96 valence electrons. The van der Waals surface area contributed by atoms with Crippen LogP contribution < -0.4 is 0 Å². The standard InChI is InChI=1S/C14H28O2/c1-10(2)13(15)16-12(4)14(5)9-7-6-8-11(14)3/h10-13,15H,6-9H2,1-5H3. The maximum absolute atomic E-state index is 9.81. The molecule has 1 fully saturated rings. The molecule has 16 heavy (non-hydrogen) atoms. The van der Waals surface area contributed by atoms with Gasteiger partial charge in [-0.2, -0.15) is 0 Å². The van der Waals surface area contributed by atoms with Crippen LogP contribution in [0.1, 0.15) is 60.3 Å². The maximum Gasteiger partial charge on any atom is 0.157 e. The second kappa shape index (κ2) is 5.50. The Morgan fingerprint density at radius 2 is 1.88 bits per heavy atom. The fraction of sp³-hybridized carbons (Fsp3) is 1.00. The molecule has 0 aromatic carbocycles. The average Bonchev–Trinajstić information content (AvgIpc) is 2.22. The van der Waals surface area contributed by atoms with Gasteiger partial charge in [-0.25, -0.2) is 0 Å². The van der Waals surface area contributed by atoms with Crippen LogP contribution in [0.3, 0.4) is 0 Å². The molecular formula is C14H28O2. The van der Waals surface area contributed by atoms with Crippen LogP contribution in [-0.4, -0.2) is 17.5 Å². The van der Waals surface area contributed by atoms with Crippen molar-refractivity contribution in [3.63, 3.8) is 0 Å². The molecule has 1 rings (SSSR count). The van der Waals surface area contributed by atoms with E-state index in [0.29, 0.717) is 5.92 Å². The summed E-state index contributed by atoms with van der Waals surface area (Å²) in [7, 11) is 0. The number of rotatable bonds is 4. The van der Waals surface area contributed by atoms with E-state index >= 15 is 0 Å². The van der Waals surface area contributed by atoms with Crippen LogP contribution in [0.4, 0.5) is 0 Å². The predicted molar refractivity (Wildman–Crippen MR) is 67.1 cm³/mol. The molecule has 1 aliphatic rings. The molecule has 1 saturated carbocycles. The Labute approximate surface area is 100 Å². The molecule has 4 atom stereocenters. The number of aliphatic hydroxyl groups is 1. The van der Waals surface area contributed by atoms with Crippen molar-refractivity contribution in [1.82, 2.24) is 0 Å². The summed E-state index contributed by atoms with van der Waals surface area (Å²) in [6.07, 6.45) is 4.67. The fourth-order valence-electron chi connectivity index (χ4n) is 2.66. The molecule has 1 N–H and O–H groups in total. The highest BCUT2D eigenvalue weighted by molar-refractivity contribution is 4.89. The first-order valence-electron chi connectivity index (χ1n) is 6.71. The summed E-state index contributed by atoms with van der Waals surface area (Å²) in [4.78, 5) is 0. The molecule has 0 amide bonds. The molecule has 0 radical (unpaired) electrons. The first-order chi connectivity index (χ1) is 7.38. The molecule has 0 aromatic rings. The zero-order valence-electron chi connectivity index (χ0n) is 11.5. The van der Waals surface area contributed by atoms with Gasteiger partial charge in [0.2, 0.25) is 0 Å². The Bertz CT molecular complexity index is 215. The van der Waals surface area contributed by atoms with Gasteiger partial charge in [-0.15, -0.1) is 0 Å². The van der Waals surface area contributed by atoms with E-state index < -0.39 is 6.29 Å². The van der Waals surface area contributed by atoms with Gasteiger partial charge in [0.25, 0.3) is 0 Å². The van der Waals surface area contributed by atoms with Crippen LogP contribution in [0.15, 0.2) is 0 Å². The predicted octanol–water partition coefficient (Wildman–Crippen LogP) is 3.58. The van der Waals surface area contributed by atoms with Crippen molar-refractivity contribution in [2.45, 2.75) is 72.7 Å². The highest BCUT2D eigenvalue weighted by Crippen LogP contribution is 2.44. The highest BCUT2D eigenvalue weighted by Gasteiger charge is 2.40. The van der Waals surface area contributed by atoms with E-state index in [2.05, 4.69) is 20.8 Å². The van der Waals surface area contributed by atoms with E-state index in [1.807, 2.05) is 13.8 Å². The van der Waals surface area contributed by atoms with Gasteiger partial charge in [0, 0.05) is 5.92 Å². The molecule has 0 aliphatic heterocycles. The second-order valence-electron chi connectivity index (χ2n) is 6.07. The number of ether oxygens (including phenoxy) is 1. The van der Waals surface area contributed by atoms with E-state index in [1.54, 1.807) is 0 Å². The lowest BCUT2D eigenvalue weighted by atomic mass is 9.65. The minimum absolute atomic E-state index is 0.139. The lowest BCUT2D eigenvalue weighted by Crippen LogP contribution is -2.42. The highest BCUT2D eigenvalue weighted by atomic mass is 16.6. The quantitative estimate of drug-likeness (QED) is 0.745. The zero-order valence-corrected chi connectivity index (χ0v) is 11.5. The number of hydrogen-bond acceptors (Lipinski definition) is 2. The Kier molecular flexibility index (Phi) is 4.81. The monoisotopic (exact) mass is 228 g/mol. The smallest absolute Gasteiger partial charge is 0.157 e. The molecule has 0 saturated heterocycles. The summed E-state index contributed by atoms with van der Waals surface area (Å²) in [5.41, 5.74) is 0.230. The fourth-order valence-corrected chi connectivity index (χ4v) is 2.66. The SMILES string of the molecule is CC(C)C(O)OC(C)C1(C)CCCCC1C. The molecule has 2 heteroatoms. The van der Waals surface area contributed by atoms with Crippen LogP contribution in [0.25, 0.3) is 0 Å². The molecule has 4 unspecified atom stereocenters. The third-order valence-corrected chi connectivity index (χ3v) is 4.57. The van der Waals surface area contributed by atoms with Gasteiger partial charge in [-0.1, -0.05) is 47.0 Å². The lowest BCUT2D eigenvalue weighted by molar-refractivity contribution is -0.194. The summed E-state index contributed by atoms with van der Waals surface area (Å²) >= 11 is 0. The van der Waals surface area contributed by atoms with Crippen molar-refractivity contribution in [1.29, 1.82) is 0 Å². The zero-order chi connectivity index (χ0) is 12.3. The van der Waals surface area contributed by atoms with E-state index in [1.165, 1.54) is 25.7 Å². The third-order valence-electron chi connectivity index (χ3n) is 4.57. The van der Waals surface area contributed by atoms with Crippen molar-refractivity contribution in [2.24, 2.45) is 17.3 Å². The second-order valence-corrected chi connectivity index (χ2v) is 6.07. The van der Waals surface area contributed by atoms with Gasteiger partial charge in [0.05, 0.1) is 6.10 Å². The van der Waals surface area contributed by atoms with E-state index in [0.717, 1.165) is 0 Å². The molecule has 0 spiro atoms. The van der Waals surface area contributed by atoms with Gasteiger partial charge in [0.1, 0.15) is 0 Å².